The maximum Gasteiger partial charge on any atom is 0.419 e. The fraction of sp³-hybridized carbons (Fsp3) is 0.250. The smallest absolute Gasteiger partial charge is 0.419 e. The molecule has 0 aliphatic rings. The molecule has 0 spiro atoms. The van der Waals surface area contributed by atoms with Crippen LogP contribution in [0, 0.1) is 0 Å². The van der Waals surface area contributed by atoms with Crippen LogP contribution < -0.4 is 15.8 Å². The first-order valence-corrected chi connectivity index (χ1v) is 17.5. The Balaban J connectivity index is 1.33. The van der Waals surface area contributed by atoms with E-state index in [2.05, 4.69) is 5.32 Å². The van der Waals surface area contributed by atoms with Crippen molar-refractivity contribution in [3.8, 4) is 5.75 Å². The van der Waals surface area contributed by atoms with Gasteiger partial charge < -0.3 is 24.5 Å². The summed E-state index contributed by atoms with van der Waals surface area (Å²) in [4.78, 5) is 40.8. The van der Waals surface area contributed by atoms with Gasteiger partial charge in [0.15, 0.2) is 17.9 Å². The van der Waals surface area contributed by atoms with E-state index in [4.69, 9.17) is 67.2 Å². The second kappa shape index (κ2) is 17.5. The van der Waals surface area contributed by atoms with Gasteiger partial charge in [-0.3, -0.25) is 14.2 Å². The van der Waals surface area contributed by atoms with Crippen LogP contribution in [0.15, 0.2) is 94.1 Å². The molecule has 262 valence electrons. The molecule has 2 atom stereocenters. The summed E-state index contributed by atoms with van der Waals surface area (Å²) in [5.41, 5.74) is 2.59. The normalized spacial score (nSPS) is 12.4. The topological polar surface area (TPSA) is 114 Å². The number of nitrogens with one attached hydrogen (secondary N) is 1. The van der Waals surface area contributed by atoms with Crippen molar-refractivity contribution in [3.63, 3.8) is 0 Å². The maximum absolute atomic E-state index is 13.7. The Hall–Kier alpha value is -3.70. The Morgan fingerprint density at radius 2 is 1.56 bits per heavy atom. The van der Waals surface area contributed by atoms with Crippen molar-refractivity contribution in [1.29, 1.82) is 0 Å². The Morgan fingerprint density at radius 1 is 0.880 bits per heavy atom. The highest BCUT2D eigenvalue weighted by Gasteiger charge is 2.27. The van der Waals surface area contributed by atoms with Gasteiger partial charge in [-0.15, -0.1) is 0 Å². The van der Waals surface area contributed by atoms with E-state index in [1.807, 2.05) is 30.3 Å². The minimum Gasteiger partial charge on any atom is -0.481 e. The predicted molar refractivity (Wildman–Crippen MR) is 197 cm³/mol. The van der Waals surface area contributed by atoms with Gasteiger partial charge in [-0.05, 0) is 60.4 Å². The molecule has 50 heavy (non-hydrogen) atoms. The summed E-state index contributed by atoms with van der Waals surface area (Å²) in [5, 5.41) is 16.0. The zero-order chi connectivity index (χ0) is 35.8. The third kappa shape index (κ3) is 9.96. The summed E-state index contributed by atoms with van der Waals surface area (Å²) in [5.74, 6) is -1.36. The summed E-state index contributed by atoms with van der Waals surface area (Å²) in [6, 6.07) is 23.4. The number of nitrogens with zero attached hydrogens (tertiary/aromatic N) is 2. The van der Waals surface area contributed by atoms with Gasteiger partial charge in [0.1, 0.15) is 0 Å². The third-order valence-corrected chi connectivity index (χ3v) is 9.34. The van der Waals surface area contributed by atoms with Crippen LogP contribution in [0.2, 0.25) is 25.1 Å². The van der Waals surface area contributed by atoms with Gasteiger partial charge in [-0.1, -0.05) is 107 Å². The zero-order valence-corrected chi connectivity index (χ0v) is 30.2. The Morgan fingerprint density at radius 3 is 2.28 bits per heavy atom. The van der Waals surface area contributed by atoms with Gasteiger partial charge >= 0.3 is 5.76 Å². The van der Waals surface area contributed by atoms with Crippen LogP contribution in [-0.2, 0) is 29.0 Å². The van der Waals surface area contributed by atoms with E-state index in [9.17, 15) is 19.5 Å². The van der Waals surface area contributed by atoms with E-state index in [-0.39, 0.29) is 48.3 Å². The van der Waals surface area contributed by atoms with Crippen molar-refractivity contribution in [2.24, 2.45) is 0 Å². The fourth-order valence-electron chi connectivity index (χ4n) is 5.41. The molecule has 1 aromatic heterocycles. The van der Waals surface area contributed by atoms with Crippen LogP contribution in [0.5, 0.6) is 5.75 Å². The third-order valence-electron chi connectivity index (χ3n) is 7.97. The lowest BCUT2D eigenvalue weighted by Gasteiger charge is -2.30. The summed E-state index contributed by atoms with van der Waals surface area (Å²) in [7, 11) is 0. The summed E-state index contributed by atoms with van der Waals surface area (Å²) < 4.78 is 12.4. The number of halogens is 5. The number of aryl methyl sites for hydroxylation is 1. The molecule has 0 aliphatic heterocycles. The van der Waals surface area contributed by atoms with Gasteiger partial charge in [-0.25, -0.2) is 4.79 Å². The highest BCUT2D eigenvalue weighted by molar-refractivity contribution is 6.40. The first kappa shape index (κ1) is 37.6. The van der Waals surface area contributed by atoms with Crippen molar-refractivity contribution < 1.29 is 23.8 Å². The van der Waals surface area contributed by atoms with Crippen LogP contribution in [0.4, 0.5) is 0 Å². The second-order valence-electron chi connectivity index (χ2n) is 11.5. The molecular formula is C36H32Cl5N3O6. The number of hydrogen-bond acceptors (Lipinski definition) is 6. The molecule has 0 aliphatic carbocycles. The van der Waals surface area contributed by atoms with Crippen molar-refractivity contribution >= 4 is 80.9 Å². The van der Waals surface area contributed by atoms with Crippen LogP contribution in [0.25, 0.3) is 11.1 Å². The number of fused-ring (bicyclic) bond motifs is 1. The predicted octanol–water partition coefficient (Wildman–Crippen LogP) is 7.49. The molecule has 2 N–H and O–H groups in total. The highest BCUT2D eigenvalue weighted by atomic mass is 35.5. The number of para-hydroxylation sites is 2. The molecule has 0 bridgehead atoms. The van der Waals surface area contributed by atoms with Crippen molar-refractivity contribution in [2.45, 2.75) is 38.0 Å². The quantitative estimate of drug-likeness (QED) is 0.114. The van der Waals surface area contributed by atoms with Gasteiger partial charge in [-0.2, -0.15) is 0 Å². The molecule has 5 aromatic rings. The van der Waals surface area contributed by atoms with E-state index < -0.39 is 36.3 Å². The molecule has 4 aromatic carbocycles. The van der Waals surface area contributed by atoms with Crippen molar-refractivity contribution in [3.05, 3.63) is 132 Å². The molecule has 1 heterocycles. The first-order chi connectivity index (χ1) is 24.0. The molecule has 0 saturated heterocycles. The number of hydrogen-bond donors (Lipinski definition) is 2. The van der Waals surface area contributed by atoms with E-state index in [0.29, 0.717) is 32.6 Å². The van der Waals surface area contributed by atoms with E-state index >= 15 is 0 Å². The Labute approximate surface area is 313 Å². The minimum atomic E-state index is -1.22. The summed E-state index contributed by atoms with van der Waals surface area (Å²) in [6.07, 6.45) is -0.681. The highest BCUT2D eigenvalue weighted by Crippen LogP contribution is 2.35. The molecule has 0 fully saturated rings. The van der Waals surface area contributed by atoms with Gasteiger partial charge in [0.25, 0.3) is 5.91 Å². The SMILES string of the molecule is O=C(CCn1c(=O)oc2ccccc21)NC(Cc1ccccc1)C(O)CN(CCc1ccc(Cl)cc1Cl)C(=O)COc1c(Cl)cc(Cl)cc1Cl. The number of aliphatic hydroxyl groups excluding tert-OH is 1. The molecule has 14 heteroatoms. The average molecular weight is 780 g/mol. The monoisotopic (exact) mass is 777 g/mol. The van der Waals surface area contributed by atoms with Crippen molar-refractivity contribution in [1.82, 2.24) is 14.8 Å². The second-order valence-corrected chi connectivity index (χ2v) is 13.6. The number of ether oxygens (including phenoxy) is 1. The fourth-order valence-corrected chi connectivity index (χ4v) is 6.84. The minimum absolute atomic E-state index is 0.0599. The molecule has 0 radical (unpaired) electrons. The summed E-state index contributed by atoms with van der Waals surface area (Å²) in [6.45, 7) is -0.412. The van der Waals surface area contributed by atoms with Gasteiger partial charge in [0.05, 0.1) is 27.7 Å². The van der Waals surface area contributed by atoms with E-state index in [1.165, 1.54) is 21.6 Å². The molecular weight excluding hydrogens is 748 g/mol. The van der Waals surface area contributed by atoms with Crippen LogP contribution in [0.3, 0.4) is 0 Å². The lowest BCUT2D eigenvalue weighted by Crippen LogP contribution is -2.51. The molecule has 0 saturated carbocycles. The average Bonchev–Trinajstić information content (AvgIpc) is 3.40. The largest absolute Gasteiger partial charge is 0.481 e. The number of benzene rings is 4. The number of carbonyl (C=O) groups is 2. The van der Waals surface area contributed by atoms with E-state index in [1.54, 1.807) is 42.5 Å². The lowest BCUT2D eigenvalue weighted by molar-refractivity contribution is -0.135. The maximum atomic E-state index is 13.7. The number of aliphatic hydroxyl groups is 1. The van der Waals surface area contributed by atoms with Crippen LogP contribution in [0.1, 0.15) is 17.5 Å². The Kier molecular flexibility index (Phi) is 13.1. The van der Waals surface area contributed by atoms with Crippen LogP contribution in [-0.4, -0.2) is 58.2 Å². The molecule has 9 nitrogen and oxygen atoms in total. The number of oxazole rings is 1. The number of carbonyl (C=O) groups excluding carboxylic acids is 2. The van der Waals surface area contributed by atoms with Gasteiger partial charge in [0, 0.05) is 41.1 Å². The first-order valence-electron chi connectivity index (χ1n) is 15.6. The lowest BCUT2D eigenvalue weighted by atomic mass is 10.00. The standard InChI is InChI=1S/C36H32Cl5N3O6/c37-24-11-10-23(26(39)17-24)12-14-43(34(47)21-49-35-27(40)18-25(38)19-28(35)41)20-31(45)29(16-22-6-2-1-3-7-22)42-33(46)13-15-44-30-8-4-5-9-32(30)50-36(44)48/h1-11,17-19,29,31,45H,12-16,20-21H2,(H,42,46). The van der Waals surface area contributed by atoms with Crippen molar-refractivity contribution in [2.75, 3.05) is 19.7 Å². The zero-order valence-electron chi connectivity index (χ0n) is 26.5. The number of aromatic nitrogens is 1. The summed E-state index contributed by atoms with van der Waals surface area (Å²) >= 11 is 31.0. The van der Waals surface area contributed by atoms with Crippen LogP contribution >= 0.6 is 58.0 Å². The number of amides is 2. The van der Waals surface area contributed by atoms with E-state index in [0.717, 1.165) is 11.1 Å². The van der Waals surface area contributed by atoms with Gasteiger partial charge in [0.2, 0.25) is 5.91 Å². The Bertz CT molecular complexity index is 2000. The molecule has 5 rings (SSSR count). The molecule has 2 amide bonds. The molecule has 2 unspecified atom stereocenters. The number of rotatable bonds is 15.